The molecule has 0 aromatic heterocycles. The lowest BCUT2D eigenvalue weighted by molar-refractivity contribution is 0.0696. The van der Waals surface area contributed by atoms with Crippen LogP contribution < -0.4 is 4.74 Å². The summed E-state index contributed by atoms with van der Waals surface area (Å²) in [5.41, 5.74) is 0.252. The first-order valence-electron chi connectivity index (χ1n) is 4.54. The summed E-state index contributed by atoms with van der Waals surface area (Å²) in [5, 5.41) is 8.67. The van der Waals surface area contributed by atoms with Crippen LogP contribution in [0.15, 0.2) is 36.6 Å². The van der Waals surface area contributed by atoms with Gasteiger partial charge in [0.15, 0.2) is 6.10 Å². The van der Waals surface area contributed by atoms with Gasteiger partial charge in [0.25, 0.3) is 0 Å². The van der Waals surface area contributed by atoms with Crippen molar-refractivity contribution in [3.05, 3.63) is 42.2 Å². The van der Waals surface area contributed by atoms with Crippen LogP contribution in [0.1, 0.15) is 10.4 Å². The van der Waals surface area contributed by atoms with E-state index in [1.165, 1.54) is 12.1 Å². The molecule has 0 saturated carbocycles. The van der Waals surface area contributed by atoms with E-state index in [0.717, 1.165) is 0 Å². The molecular formula is C11H10O4. The topological polar surface area (TPSA) is 55.8 Å². The van der Waals surface area contributed by atoms with Crippen molar-refractivity contribution in [1.82, 2.24) is 0 Å². The third-order valence-electron chi connectivity index (χ3n) is 2.06. The van der Waals surface area contributed by atoms with E-state index in [0.29, 0.717) is 12.4 Å². The van der Waals surface area contributed by atoms with Crippen LogP contribution in [0.25, 0.3) is 0 Å². The van der Waals surface area contributed by atoms with E-state index in [2.05, 4.69) is 0 Å². The van der Waals surface area contributed by atoms with Crippen molar-refractivity contribution in [1.29, 1.82) is 0 Å². The van der Waals surface area contributed by atoms with E-state index >= 15 is 0 Å². The number of rotatable bonds is 4. The van der Waals surface area contributed by atoms with E-state index in [4.69, 9.17) is 14.6 Å². The first kappa shape index (κ1) is 9.58. The minimum Gasteiger partial charge on any atom is -0.490 e. The molecule has 1 aromatic carbocycles. The van der Waals surface area contributed by atoms with Gasteiger partial charge in [0.05, 0.1) is 11.8 Å². The Hall–Kier alpha value is -1.97. The molecule has 1 aromatic rings. The zero-order chi connectivity index (χ0) is 10.7. The molecule has 4 nitrogen and oxygen atoms in total. The minimum atomic E-state index is -0.938. The van der Waals surface area contributed by atoms with Crippen molar-refractivity contribution >= 4 is 5.97 Å². The van der Waals surface area contributed by atoms with Crippen LogP contribution in [0, 0.1) is 0 Å². The predicted molar refractivity (Wildman–Crippen MR) is 52.9 cm³/mol. The molecule has 1 heterocycles. The van der Waals surface area contributed by atoms with Gasteiger partial charge in [-0.15, -0.1) is 0 Å². The molecule has 1 N–H and O–H groups in total. The van der Waals surface area contributed by atoms with Crippen molar-refractivity contribution < 1.29 is 19.4 Å². The molecule has 4 heteroatoms. The van der Waals surface area contributed by atoms with Crippen molar-refractivity contribution in [2.45, 2.75) is 6.10 Å². The maximum atomic E-state index is 10.6. The second-order valence-electron chi connectivity index (χ2n) is 3.14. The smallest absolute Gasteiger partial charge is 0.335 e. The first-order chi connectivity index (χ1) is 7.25. The van der Waals surface area contributed by atoms with Crippen LogP contribution in [-0.2, 0) is 4.74 Å². The second kappa shape index (κ2) is 4.04. The Morgan fingerprint density at radius 3 is 2.53 bits per heavy atom. The molecule has 15 heavy (non-hydrogen) atoms. The van der Waals surface area contributed by atoms with Gasteiger partial charge in [-0.1, -0.05) is 0 Å². The van der Waals surface area contributed by atoms with Gasteiger partial charge < -0.3 is 14.6 Å². The maximum absolute atomic E-state index is 10.6. The summed E-state index contributed by atoms with van der Waals surface area (Å²) in [4.78, 5) is 10.6. The average molecular weight is 206 g/mol. The van der Waals surface area contributed by atoms with Crippen molar-refractivity contribution in [3.63, 3.8) is 0 Å². The molecule has 0 bridgehead atoms. The Kier molecular flexibility index (Phi) is 2.58. The molecule has 0 spiro atoms. The third kappa shape index (κ3) is 2.28. The molecule has 78 valence electrons. The van der Waals surface area contributed by atoms with E-state index in [1.807, 2.05) is 6.08 Å². The zero-order valence-electron chi connectivity index (χ0n) is 7.92. The number of ether oxygens (including phenoxy) is 2. The minimum absolute atomic E-state index is 0.0177. The largest absolute Gasteiger partial charge is 0.490 e. The molecule has 1 aliphatic heterocycles. The molecule has 1 aliphatic rings. The lowest BCUT2D eigenvalue weighted by Crippen LogP contribution is -2.22. The third-order valence-corrected chi connectivity index (χ3v) is 2.06. The summed E-state index contributed by atoms with van der Waals surface area (Å²) in [6.45, 7) is 0.447. The van der Waals surface area contributed by atoms with Crippen molar-refractivity contribution in [2.24, 2.45) is 0 Å². The molecule has 0 radical (unpaired) electrons. The van der Waals surface area contributed by atoms with Crippen molar-refractivity contribution in [2.75, 3.05) is 6.61 Å². The van der Waals surface area contributed by atoms with Gasteiger partial charge in [0.1, 0.15) is 12.4 Å². The highest BCUT2D eigenvalue weighted by Gasteiger charge is 2.11. The van der Waals surface area contributed by atoms with Crippen molar-refractivity contribution in [3.8, 4) is 5.75 Å². The summed E-state index contributed by atoms with van der Waals surface area (Å²) in [5.74, 6) is -0.296. The number of carboxylic acids is 1. The van der Waals surface area contributed by atoms with Gasteiger partial charge in [-0.3, -0.25) is 0 Å². The Bertz CT molecular complexity index is 380. The van der Waals surface area contributed by atoms with Crippen LogP contribution >= 0.6 is 0 Å². The summed E-state index contributed by atoms with van der Waals surface area (Å²) < 4.78 is 10.4. The predicted octanol–water partition coefficient (Wildman–Crippen LogP) is 1.68. The van der Waals surface area contributed by atoms with Crippen LogP contribution in [0.4, 0.5) is 0 Å². The van der Waals surface area contributed by atoms with Crippen LogP contribution in [-0.4, -0.2) is 23.8 Å². The molecule has 0 aliphatic carbocycles. The highest BCUT2D eigenvalue weighted by Crippen LogP contribution is 2.14. The lowest BCUT2D eigenvalue weighted by atomic mass is 10.2. The molecule has 0 saturated heterocycles. The fraction of sp³-hybridized carbons (Fsp3) is 0.182. The Morgan fingerprint density at radius 1 is 1.40 bits per heavy atom. The quantitative estimate of drug-likeness (QED) is 0.814. The number of aromatic carboxylic acids is 1. The maximum Gasteiger partial charge on any atom is 0.335 e. The standard InChI is InChI=1S/C11H10O4/c12-11(13)8-1-3-9(4-2-8)15-7-10-5-6-14-10/h1-6,10H,7H2,(H,12,13). The molecule has 0 fully saturated rings. The summed E-state index contributed by atoms with van der Waals surface area (Å²) >= 11 is 0. The van der Waals surface area contributed by atoms with Crippen LogP contribution in [0.3, 0.4) is 0 Å². The summed E-state index contributed by atoms with van der Waals surface area (Å²) in [6.07, 6.45) is 3.52. The number of hydrogen-bond acceptors (Lipinski definition) is 3. The Balaban J connectivity index is 1.91. The second-order valence-corrected chi connectivity index (χ2v) is 3.14. The van der Waals surface area contributed by atoms with Crippen LogP contribution in [0.5, 0.6) is 5.75 Å². The molecule has 0 amide bonds. The number of carboxylic acid groups (broad SMARTS) is 1. The number of carbonyl (C=O) groups is 1. The van der Waals surface area contributed by atoms with Gasteiger partial charge in [-0.05, 0) is 30.3 Å². The normalized spacial score (nSPS) is 17.7. The Labute approximate surface area is 86.7 Å². The summed E-state index contributed by atoms with van der Waals surface area (Å²) in [7, 11) is 0. The Morgan fingerprint density at radius 2 is 2.07 bits per heavy atom. The van der Waals surface area contributed by atoms with Gasteiger partial charge >= 0.3 is 5.97 Å². The highest BCUT2D eigenvalue weighted by atomic mass is 16.5. The number of benzene rings is 1. The molecule has 2 rings (SSSR count). The van der Waals surface area contributed by atoms with Gasteiger partial charge in [0, 0.05) is 0 Å². The van der Waals surface area contributed by atoms with Crippen LogP contribution in [0.2, 0.25) is 0 Å². The molecule has 1 atom stereocenters. The number of hydrogen-bond donors (Lipinski definition) is 1. The van der Waals surface area contributed by atoms with Gasteiger partial charge in [-0.2, -0.15) is 0 Å². The van der Waals surface area contributed by atoms with E-state index in [9.17, 15) is 4.79 Å². The first-order valence-corrected chi connectivity index (χ1v) is 4.54. The van der Waals surface area contributed by atoms with E-state index < -0.39 is 5.97 Å². The SMILES string of the molecule is O=C(O)c1ccc(OCC2C=CO2)cc1. The van der Waals surface area contributed by atoms with Gasteiger partial charge in [0.2, 0.25) is 0 Å². The van der Waals surface area contributed by atoms with E-state index in [1.54, 1.807) is 18.4 Å². The monoisotopic (exact) mass is 206 g/mol. The average Bonchev–Trinajstić information content (AvgIpc) is 2.16. The molecular weight excluding hydrogens is 196 g/mol. The fourth-order valence-electron chi connectivity index (χ4n) is 1.16. The summed E-state index contributed by atoms with van der Waals surface area (Å²) in [6, 6.07) is 6.28. The van der Waals surface area contributed by atoms with E-state index in [-0.39, 0.29) is 11.7 Å². The van der Waals surface area contributed by atoms with Gasteiger partial charge in [-0.25, -0.2) is 4.79 Å². The highest BCUT2D eigenvalue weighted by molar-refractivity contribution is 5.87. The fourth-order valence-corrected chi connectivity index (χ4v) is 1.16. The zero-order valence-corrected chi connectivity index (χ0v) is 7.92. The lowest BCUT2D eigenvalue weighted by Gasteiger charge is -2.19. The molecule has 1 unspecified atom stereocenters.